The second-order valence-electron chi connectivity index (χ2n) is 0.141. The Kier molecular flexibility index (Phi) is 20.1. The van der Waals surface area contributed by atoms with Gasteiger partial charge in [0.05, 0.1) is 0 Å². The summed E-state index contributed by atoms with van der Waals surface area (Å²) in [5.41, 5.74) is 0. The van der Waals surface area contributed by atoms with Crippen LogP contribution >= 0.6 is 0 Å². The third-order valence-electron chi connectivity index (χ3n) is 0. The van der Waals surface area contributed by atoms with E-state index in [1.165, 1.54) is 0 Å². The molecule has 0 spiro atoms. The second kappa shape index (κ2) is 8.82. The van der Waals surface area contributed by atoms with E-state index >= 15 is 0 Å². The van der Waals surface area contributed by atoms with E-state index in [1.807, 2.05) is 0 Å². The summed E-state index contributed by atoms with van der Waals surface area (Å²) in [5.74, 6) is 0. The zero-order valence-corrected chi connectivity index (χ0v) is 1.60. The molecule has 0 amide bonds. The minimum absolute atomic E-state index is 0. The van der Waals surface area contributed by atoms with E-state index < -0.39 is 7.69 Å². The summed E-state index contributed by atoms with van der Waals surface area (Å²) < 4.78 is 0. The Labute approximate surface area is 65.6 Å². The van der Waals surface area contributed by atoms with Crippen molar-refractivity contribution in [2.75, 3.05) is 0 Å². The molecule has 0 radical (unpaired) electrons. The SMILES string of the molecule is OBO.[BaH2]. The van der Waals surface area contributed by atoms with Crippen LogP contribution in [0.15, 0.2) is 0 Å². The molecule has 0 unspecified atom stereocenters. The standard InChI is InChI=1S/BH3O2.Ba.2H/c2-1-3;;;/h1-3H;;;. The van der Waals surface area contributed by atoms with Crippen LogP contribution in [0.1, 0.15) is 0 Å². The third-order valence-corrected chi connectivity index (χ3v) is 0. The fourth-order valence-electron chi connectivity index (χ4n) is 0. The molecule has 0 aliphatic carbocycles. The predicted molar refractivity (Wildman–Crippen MR) is 20.1 cm³/mol. The average Bonchev–Trinajstić information content (AvgIpc) is 0.918. The second-order valence-corrected chi connectivity index (χ2v) is 0.141. The zero-order chi connectivity index (χ0) is 2.71. The zero-order valence-electron chi connectivity index (χ0n) is 1.60. The van der Waals surface area contributed by atoms with Gasteiger partial charge in [-0.15, -0.1) is 0 Å². The molecule has 22 valence electrons. The van der Waals surface area contributed by atoms with Crippen LogP contribution in [-0.2, 0) is 0 Å². The molecule has 2 nitrogen and oxygen atoms in total. The molecule has 0 atom stereocenters. The molecule has 2 N–H and O–H groups in total. The summed E-state index contributed by atoms with van der Waals surface area (Å²) >= 11 is 0. The van der Waals surface area contributed by atoms with Gasteiger partial charge in [-0.3, -0.25) is 0 Å². The maximum absolute atomic E-state index is 7.12. The van der Waals surface area contributed by atoms with E-state index in [9.17, 15) is 0 Å². The molecular formula is H5BBaO2. The summed E-state index contributed by atoms with van der Waals surface area (Å²) in [4.78, 5) is 0. The van der Waals surface area contributed by atoms with Crippen molar-refractivity contribution in [1.82, 2.24) is 0 Å². The minimum atomic E-state index is -0.750. The van der Waals surface area contributed by atoms with E-state index in [2.05, 4.69) is 0 Å². The molecule has 4 heavy (non-hydrogen) atoms. The quantitative estimate of drug-likeness (QED) is 0.404. The van der Waals surface area contributed by atoms with Gasteiger partial charge in [0.1, 0.15) is 0 Å². The Hall–Kier alpha value is 1.56. The van der Waals surface area contributed by atoms with Crippen LogP contribution in [0.25, 0.3) is 0 Å². The maximum atomic E-state index is 7.12. The van der Waals surface area contributed by atoms with Crippen molar-refractivity contribution in [3.8, 4) is 0 Å². The Morgan fingerprint density at radius 3 is 1.25 bits per heavy atom. The topological polar surface area (TPSA) is 40.5 Å². The molecule has 0 bridgehead atoms. The van der Waals surface area contributed by atoms with Crippen LogP contribution in [0, 0.1) is 0 Å². The molecule has 0 aromatic rings. The van der Waals surface area contributed by atoms with Crippen LogP contribution in [0.3, 0.4) is 0 Å². The van der Waals surface area contributed by atoms with Crippen LogP contribution < -0.4 is 0 Å². The van der Waals surface area contributed by atoms with Gasteiger partial charge < -0.3 is 10.0 Å². The summed E-state index contributed by atoms with van der Waals surface area (Å²) in [6, 6.07) is 0. The normalized spacial score (nSPS) is 3.50. The van der Waals surface area contributed by atoms with Crippen molar-refractivity contribution in [3.05, 3.63) is 0 Å². The van der Waals surface area contributed by atoms with Crippen molar-refractivity contribution >= 4 is 56.6 Å². The summed E-state index contributed by atoms with van der Waals surface area (Å²) in [6.07, 6.45) is 0. The summed E-state index contributed by atoms with van der Waals surface area (Å²) in [6.45, 7) is 0. The van der Waals surface area contributed by atoms with Gasteiger partial charge in [0.25, 0.3) is 0 Å². The first-order valence-corrected chi connectivity index (χ1v) is 0.632. The molecule has 0 fully saturated rings. The summed E-state index contributed by atoms with van der Waals surface area (Å²) in [5, 5.41) is 14.2. The monoisotopic (exact) mass is 186 g/mol. The van der Waals surface area contributed by atoms with Crippen LogP contribution in [-0.4, -0.2) is 66.6 Å². The van der Waals surface area contributed by atoms with Gasteiger partial charge in [0, 0.05) is 0 Å². The van der Waals surface area contributed by atoms with Crippen molar-refractivity contribution < 1.29 is 10.0 Å². The molecule has 0 saturated heterocycles. The molecule has 0 rings (SSSR count). The summed E-state index contributed by atoms with van der Waals surface area (Å²) in [7, 11) is -0.750. The van der Waals surface area contributed by atoms with Crippen LogP contribution in [0.2, 0.25) is 0 Å². The van der Waals surface area contributed by atoms with E-state index in [-0.39, 0.29) is 48.9 Å². The van der Waals surface area contributed by atoms with Crippen molar-refractivity contribution in [2.24, 2.45) is 0 Å². The molecule has 0 heterocycles. The van der Waals surface area contributed by atoms with Gasteiger partial charge >= 0.3 is 56.6 Å². The number of hydrogen-bond acceptors (Lipinski definition) is 2. The van der Waals surface area contributed by atoms with Gasteiger partial charge in [-0.25, -0.2) is 0 Å². The van der Waals surface area contributed by atoms with Crippen LogP contribution in [0.4, 0.5) is 0 Å². The molecule has 4 heteroatoms. The Morgan fingerprint density at radius 2 is 1.25 bits per heavy atom. The Bertz CT molecular complexity index is 6.00. The molecule has 0 saturated carbocycles. The van der Waals surface area contributed by atoms with Gasteiger partial charge in [-0.05, 0) is 0 Å². The first-order chi connectivity index (χ1) is 1.41. The fourth-order valence-corrected chi connectivity index (χ4v) is 0. The molecule has 0 aromatic carbocycles. The number of hydrogen-bond donors (Lipinski definition) is 2. The molecule has 0 aromatic heterocycles. The van der Waals surface area contributed by atoms with E-state index in [0.717, 1.165) is 0 Å². The van der Waals surface area contributed by atoms with Gasteiger partial charge in [0.15, 0.2) is 0 Å². The van der Waals surface area contributed by atoms with Crippen molar-refractivity contribution in [1.29, 1.82) is 0 Å². The van der Waals surface area contributed by atoms with E-state index in [1.54, 1.807) is 0 Å². The molecular weight excluding hydrogens is 180 g/mol. The molecule has 0 aliphatic rings. The van der Waals surface area contributed by atoms with Crippen molar-refractivity contribution in [3.63, 3.8) is 0 Å². The van der Waals surface area contributed by atoms with Gasteiger partial charge in [-0.1, -0.05) is 0 Å². The number of rotatable bonds is 0. The van der Waals surface area contributed by atoms with Crippen LogP contribution in [0.5, 0.6) is 0 Å². The Balaban J connectivity index is 0. The first kappa shape index (κ1) is 9.12. The van der Waals surface area contributed by atoms with E-state index in [4.69, 9.17) is 10.0 Å². The predicted octanol–water partition coefficient (Wildman–Crippen LogP) is -2.68. The van der Waals surface area contributed by atoms with Gasteiger partial charge in [0.2, 0.25) is 0 Å². The van der Waals surface area contributed by atoms with E-state index in [0.29, 0.717) is 0 Å². The average molecular weight is 185 g/mol. The third kappa shape index (κ3) is 9.59. The Morgan fingerprint density at radius 1 is 1.25 bits per heavy atom. The van der Waals surface area contributed by atoms with Crippen molar-refractivity contribution in [2.45, 2.75) is 0 Å². The molecule has 0 aliphatic heterocycles. The first-order valence-electron chi connectivity index (χ1n) is 0.632. The fraction of sp³-hybridized carbons (Fsp3) is 0. The van der Waals surface area contributed by atoms with Gasteiger partial charge in [-0.2, -0.15) is 0 Å².